The zero-order chi connectivity index (χ0) is 31.0. The average Bonchev–Trinajstić information content (AvgIpc) is 2.89. The molecule has 230 valence electrons. The molecule has 0 spiro atoms. The number of halogens is 5. The van der Waals surface area contributed by atoms with Crippen molar-refractivity contribution in [2.75, 3.05) is 29.9 Å². The number of anilines is 2. The van der Waals surface area contributed by atoms with E-state index in [1.54, 1.807) is 13.8 Å². The van der Waals surface area contributed by atoms with E-state index in [1.165, 1.54) is 15.5 Å². The number of hydrogen-bond acceptors (Lipinski definition) is 8. The number of aromatic nitrogens is 4. The quantitative estimate of drug-likeness (QED) is 0.332. The molecule has 16 heteroatoms. The molecular weight excluding hydrogens is 585 g/mol. The van der Waals surface area contributed by atoms with Gasteiger partial charge in [-0.3, -0.25) is 14.1 Å². The highest BCUT2D eigenvalue weighted by Gasteiger charge is 2.31. The molecule has 0 amide bonds. The zero-order valence-electron chi connectivity index (χ0n) is 23.5. The van der Waals surface area contributed by atoms with E-state index in [1.807, 2.05) is 0 Å². The van der Waals surface area contributed by atoms with Crippen LogP contribution in [0.15, 0.2) is 23.1 Å². The summed E-state index contributed by atoms with van der Waals surface area (Å²) in [7, 11) is -0.615. The van der Waals surface area contributed by atoms with Crippen molar-refractivity contribution >= 4 is 32.8 Å². The first kappa shape index (κ1) is 31.5. The Morgan fingerprint density at radius 3 is 2.24 bits per heavy atom. The maximum Gasteiger partial charge on any atom is 0.390 e. The third-order valence-electron chi connectivity index (χ3n) is 7.14. The van der Waals surface area contributed by atoms with Crippen LogP contribution in [0, 0.1) is 11.6 Å². The third kappa shape index (κ3) is 7.32. The lowest BCUT2D eigenvalue weighted by Gasteiger charge is -2.32. The first-order chi connectivity index (χ1) is 19.5. The largest absolute Gasteiger partial charge is 0.390 e. The van der Waals surface area contributed by atoms with Crippen molar-refractivity contribution < 1.29 is 30.4 Å². The van der Waals surface area contributed by atoms with Gasteiger partial charge in [0.1, 0.15) is 16.9 Å². The van der Waals surface area contributed by atoms with Crippen molar-refractivity contribution in [3.63, 3.8) is 0 Å². The second-order valence-corrected chi connectivity index (χ2v) is 12.7. The molecule has 3 aromatic rings. The van der Waals surface area contributed by atoms with E-state index in [9.17, 15) is 35.2 Å². The minimum absolute atomic E-state index is 0.153. The number of rotatable bonds is 9. The number of hydrogen-bond donors (Lipinski definition) is 2. The van der Waals surface area contributed by atoms with Crippen LogP contribution in [0.25, 0.3) is 22.4 Å². The molecule has 1 aliphatic carbocycles. The van der Waals surface area contributed by atoms with Crippen LogP contribution in [0.2, 0.25) is 0 Å². The fraction of sp³-hybridized carbons (Fsp3) is 0.538. The van der Waals surface area contributed by atoms with E-state index >= 15 is 0 Å². The summed E-state index contributed by atoms with van der Waals surface area (Å²) in [5, 5.41) is 3.32. The Hall–Kier alpha value is -3.40. The summed E-state index contributed by atoms with van der Waals surface area (Å²) in [4.78, 5) is 28.8. The molecule has 2 N–H and O–H groups in total. The lowest BCUT2D eigenvalue weighted by molar-refractivity contribution is -0.129. The predicted molar refractivity (Wildman–Crippen MR) is 149 cm³/mol. The molecule has 0 atom stereocenters. The van der Waals surface area contributed by atoms with Crippen LogP contribution in [-0.4, -0.2) is 70.9 Å². The van der Waals surface area contributed by atoms with Gasteiger partial charge in [0.05, 0.1) is 18.4 Å². The lowest BCUT2D eigenvalue weighted by Crippen LogP contribution is -2.36. The van der Waals surface area contributed by atoms with Crippen molar-refractivity contribution in [3.05, 3.63) is 40.3 Å². The van der Waals surface area contributed by atoms with E-state index in [2.05, 4.69) is 39.3 Å². The molecule has 2 heterocycles. The van der Waals surface area contributed by atoms with Crippen LogP contribution in [0.4, 0.5) is 33.6 Å². The molecule has 1 saturated carbocycles. The van der Waals surface area contributed by atoms with Crippen molar-refractivity contribution in [2.24, 2.45) is 0 Å². The fourth-order valence-electron chi connectivity index (χ4n) is 4.92. The number of sulfonamides is 1. The van der Waals surface area contributed by atoms with Crippen LogP contribution < -0.4 is 15.6 Å². The highest BCUT2D eigenvalue weighted by atomic mass is 32.2. The average molecular weight is 618 g/mol. The zero-order valence-corrected chi connectivity index (χ0v) is 24.3. The first-order valence-electron chi connectivity index (χ1n) is 13.3. The molecule has 1 aliphatic rings. The van der Waals surface area contributed by atoms with Gasteiger partial charge in [-0.05, 0) is 65.8 Å². The van der Waals surface area contributed by atoms with Gasteiger partial charge in [-0.25, -0.2) is 27.2 Å². The van der Waals surface area contributed by atoms with E-state index in [0.717, 1.165) is 25.7 Å². The van der Waals surface area contributed by atoms with E-state index in [4.69, 9.17) is 0 Å². The minimum atomic E-state index is -4.78. The molecule has 10 nitrogen and oxygen atoms in total. The molecule has 42 heavy (non-hydrogen) atoms. The smallest absolute Gasteiger partial charge is 0.351 e. The topological polar surface area (TPSA) is 122 Å². The summed E-state index contributed by atoms with van der Waals surface area (Å²) in [5.41, 5.74) is -2.11. The van der Waals surface area contributed by atoms with Gasteiger partial charge in [0.2, 0.25) is 16.0 Å². The molecular formula is C26H32F5N7O3S. The SMILES string of the molecule is CC(C)n1c(=O)c(-c2cc(F)c(NS(=O)(=O)CCC(F)(F)F)c(F)c2)nc2cnc(NC3CCC(N(C)C)CC3)nc21. The number of nitrogens with one attached hydrogen (secondary N) is 2. The molecule has 2 aromatic heterocycles. The maximum atomic E-state index is 14.9. The van der Waals surface area contributed by atoms with Crippen LogP contribution >= 0.6 is 0 Å². The molecule has 0 radical (unpaired) electrons. The van der Waals surface area contributed by atoms with Gasteiger partial charge in [0.25, 0.3) is 5.56 Å². The molecule has 1 fully saturated rings. The number of benzene rings is 1. The summed E-state index contributed by atoms with van der Waals surface area (Å²) in [6, 6.07) is 1.60. The second kappa shape index (κ2) is 12.1. The Bertz CT molecular complexity index is 1600. The normalized spacial score (nSPS) is 18.2. The van der Waals surface area contributed by atoms with Gasteiger partial charge in [0, 0.05) is 23.7 Å². The second-order valence-electron chi connectivity index (χ2n) is 10.8. The van der Waals surface area contributed by atoms with Crippen LogP contribution in [0.3, 0.4) is 0 Å². The predicted octanol–water partition coefficient (Wildman–Crippen LogP) is 4.69. The van der Waals surface area contributed by atoms with Gasteiger partial charge in [-0.1, -0.05) is 0 Å². The molecule has 4 rings (SSSR count). The van der Waals surface area contributed by atoms with Crippen molar-refractivity contribution in [3.8, 4) is 11.3 Å². The van der Waals surface area contributed by atoms with Crippen molar-refractivity contribution in [2.45, 2.75) is 70.3 Å². The van der Waals surface area contributed by atoms with Crippen LogP contribution in [-0.2, 0) is 10.0 Å². The molecule has 0 bridgehead atoms. The highest BCUT2D eigenvalue weighted by molar-refractivity contribution is 7.92. The van der Waals surface area contributed by atoms with Gasteiger partial charge < -0.3 is 10.2 Å². The van der Waals surface area contributed by atoms with Crippen molar-refractivity contribution in [1.82, 2.24) is 24.4 Å². The first-order valence-corrected chi connectivity index (χ1v) is 15.0. The Morgan fingerprint density at radius 2 is 1.69 bits per heavy atom. The Kier molecular flexibility index (Phi) is 9.06. The van der Waals surface area contributed by atoms with E-state index < -0.39 is 57.3 Å². The van der Waals surface area contributed by atoms with Gasteiger partial charge >= 0.3 is 6.18 Å². The monoisotopic (exact) mass is 617 g/mol. The lowest BCUT2D eigenvalue weighted by atomic mass is 9.91. The Labute approximate surface area is 239 Å². The fourth-order valence-corrected chi connectivity index (χ4v) is 6.03. The summed E-state index contributed by atoms with van der Waals surface area (Å²) >= 11 is 0. The number of alkyl halides is 3. The number of fused-ring (bicyclic) bond motifs is 1. The summed E-state index contributed by atoms with van der Waals surface area (Å²) in [6.45, 7) is 3.45. The Balaban J connectivity index is 1.65. The van der Waals surface area contributed by atoms with Crippen molar-refractivity contribution in [1.29, 1.82) is 0 Å². The van der Waals surface area contributed by atoms with E-state index in [-0.39, 0.29) is 28.5 Å². The Morgan fingerprint density at radius 1 is 1.07 bits per heavy atom. The van der Waals surface area contributed by atoms with Gasteiger partial charge in [-0.2, -0.15) is 18.2 Å². The highest BCUT2D eigenvalue weighted by Crippen LogP contribution is 2.29. The van der Waals surface area contributed by atoms with Crippen LogP contribution in [0.5, 0.6) is 0 Å². The number of nitrogens with zero attached hydrogens (tertiary/aromatic N) is 5. The standard InChI is InChI=1S/C26H32F5N7O3S/c1-14(2)38-23-20(13-32-25(35-23)33-16-5-7-17(8-6-16)37(3)4)34-21(24(38)39)15-11-18(27)22(19(28)12-15)36-42(40,41)10-9-26(29,30)31/h11-14,16-17,36H,5-10H2,1-4H3,(H,32,33,35). The minimum Gasteiger partial charge on any atom is -0.351 e. The maximum absolute atomic E-state index is 14.9. The molecule has 0 unspecified atom stereocenters. The van der Waals surface area contributed by atoms with E-state index in [0.29, 0.717) is 24.1 Å². The summed E-state index contributed by atoms with van der Waals surface area (Å²) in [6.07, 6.45) is -1.21. The molecule has 1 aromatic carbocycles. The summed E-state index contributed by atoms with van der Waals surface area (Å²) in [5.74, 6) is -3.97. The third-order valence-corrected chi connectivity index (χ3v) is 8.39. The summed E-state index contributed by atoms with van der Waals surface area (Å²) < 4.78 is 93.9. The van der Waals surface area contributed by atoms with Gasteiger partial charge in [0.15, 0.2) is 17.3 Å². The van der Waals surface area contributed by atoms with Crippen LogP contribution in [0.1, 0.15) is 52.0 Å². The molecule has 0 aliphatic heterocycles. The van der Waals surface area contributed by atoms with Gasteiger partial charge in [-0.15, -0.1) is 0 Å². The molecule has 0 saturated heterocycles.